The number of carbonyl (C=O) groups is 1. The number of nitrogens with two attached hydrogens (primary N) is 1. The maximum Gasteiger partial charge on any atom is 0.254 e. The molecule has 1 aliphatic heterocycles. The van der Waals surface area contributed by atoms with E-state index < -0.39 is 0 Å². The van der Waals surface area contributed by atoms with Crippen molar-refractivity contribution in [3.8, 4) is 0 Å². The van der Waals surface area contributed by atoms with Crippen LogP contribution in [-0.2, 0) is 11.2 Å². The van der Waals surface area contributed by atoms with Gasteiger partial charge in [-0.2, -0.15) is 9.50 Å². The van der Waals surface area contributed by atoms with Gasteiger partial charge in [0.2, 0.25) is 11.9 Å². The molecule has 136 valence electrons. The third-order valence-electron chi connectivity index (χ3n) is 5.26. The number of amides is 1. The molecule has 1 amide bonds. The van der Waals surface area contributed by atoms with E-state index in [2.05, 4.69) is 32.0 Å². The molecule has 8 nitrogen and oxygen atoms in total. The number of aryl methyl sites for hydroxylation is 2. The molecule has 0 unspecified atom stereocenters. The van der Waals surface area contributed by atoms with Crippen LogP contribution in [0.2, 0.25) is 0 Å². The first-order valence-corrected chi connectivity index (χ1v) is 8.91. The summed E-state index contributed by atoms with van der Waals surface area (Å²) in [6.07, 6.45) is 6.48. The van der Waals surface area contributed by atoms with E-state index >= 15 is 0 Å². The second-order valence-corrected chi connectivity index (χ2v) is 6.86. The van der Waals surface area contributed by atoms with Crippen LogP contribution in [-0.4, -0.2) is 48.0 Å². The highest BCUT2D eigenvalue weighted by Gasteiger charge is 2.25. The van der Waals surface area contributed by atoms with E-state index in [1.807, 2.05) is 30.9 Å². The van der Waals surface area contributed by atoms with Gasteiger partial charge in [-0.05, 0) is 38.8 Å². The highest BCUT2D eigenvalue weighted by atomic mass is 16.2. The molecule has 8 heteroatoms. The minimum Gasteiger partial charge on any atom is -0.366 e. The highest BCUT2D eigenvalue weighted by Crippen LogP contribution is 2.23. The topological polar surface area (TPSA) is 94.3 Å². The van der Waals surface area contributed by atoms with Crippen molar-refractivity contribution in [2.75, 3.05) is 18.8 Å². The van der Waals surface area contributed by atoms with Crippen LogP contribution in [0.25, 0.3) is 5.78 Å². The molecule has 26 heavy (non-hydrogen) atoms. The van der Waals surface area contributed by atoms with Crippen molar-refractivity contribution in [3.63, 3.8) is 0 Å². The fraction of sp³-hybridized carbons (Fsp3) is 0.444. The summed E-state index contributed by atoms with van der Waals surface area (Å²) in [5, 5.41) is 4.17. The van der Waals surface area contributed by atoms with Crippen molar-refractivity contribution >= 4 is 17.6 Å². The van der Waals surface area contributed by atoms with E-state index in [1.54, 1.807) is 4.52 Å². The third-order valence-corrected chi connectivity index (χ3v) is 5.26. The summed E-state index contributed by atoms with van der Waals surface area (Å²) < 4.78 is 3.85. The van der Waals surface area contributed by atoms with Gasteiger partial charge in [-0.1, -0.05) is 0 Å². The zero-order valence-electron chi connectivity index (χ0n) is 15.1. The Morgan fingerprint density at radius 2 is 1.88 bits per heavy atom. The van der Waals surface area contributed by atoms with Gasteiger partial charge in [0.25, 0.3) is 5.78 Å². The molecule has 0 aliphatic carbocycles. The molecule has 1 saturated heterocycles. The second-order valence-electron chi connectivity index (χ2n) is 6.86. The average Bonchev–Trinajstić information content (AvgIpc) is 3.28. The molecule has 1 aliphatic rings. The van der Waals surface area contributed by atoms with Gasteiger partial charge in [0.05, 0.1) is 6.42 Å². The van der Waals surface area contributed by atoms with E-state index in [0.717, 1.165) is 42.9 Å². The van der Waals surface area contributed by atoms with Crippen LogP contribution < -0.4 is 5.73 Å². The predicted molar refractivity (Wildman–Crippen MR) is 97.7 cm³/mol. The minimum atomic E-state index is 0.136. The van der Waals surface area contributed by atoms with Gasteiger partial charge in [0.1, 0.15) is 0 Å². The van der Waals surface area contributed by atoms with Crippen molar-refractivity contribution in [3.05, 3.63) is 41.5 Å². The van der Waals surface area contributed by atoms with Crippen LogP contribution >= 0.6 is 0 Å². The lowest BCUT2D eigenvalue weighted by Crippen LogP contribution is -2.40. The molecule has 0 bridgehead atoms. The monoisotopic (exact) mass is 353 g/mol. The number of nitrogens with zero attached hydrogens (tertiary/aromatic N) is 6. The molecule has 0 aromatic carbocycles. The Balaban J connectivity index is 1.48. The minimum absolute atomic E-state index is 0.136. The molecule has 0 saturated carbocycles. The van der Waals surface area contributed by atoms with Crippen molar-refractivity contribution in [1.82, 2.24) is 29.0 Å². The maximum absolute atomic E-state index is 12.8. The molecule has 0 spiro atoms. The summed E-state index contributed by atoms with van der Waals surface area (Å²) in [6.45, 7) is 5.40. The average molecular weight is 353 g/mol. The fourth-order valence-corrected chi connectivity index (χ4v) is 3.75. The van der Waals surface area contributed by atoms with E-state index in [1.165, 1.54) is 0 Å². The molecular weight excluding hydrogens is 330 g/mol. The Morgan fingerprint density at radius 1 is 1.19 bits per heavy atom. The van der Waals surface area contributed by atoms with Gasteiger partial charge in [0.15, 0.2) is 0 Å². The first kappa shape index (κ1) is 16.6. The number of aromatic nitrogens is 5. The number of anilines is 1. The van der Waals surface area contributed by atoms with Crippen LogP contribution in [0, 0.1) is 13.8 Å². The largest absolute Gasteiger partial charge is 0.366 e. The first-order chi connectivity index (χ1) is 12.5. The molecule has 3 aromatic heterocycles. The van der Waals surface area contributed by atoms with Crippen LogP contribution in [0.15, 0.2) is 24.5 Å². The summed E-state index contributed by atoms with van der Waals surface area (Å²) in [6, 6.07) is 4.57. The number of hydrogen-bond acceptors (Lipinski definition) is 5. The van der Waals surface area contributed by atoms with Crippen LogP contribution in [0.5, 0.6) is 0 Å². The molecule has 0 radical (unpaired) electrons. The highest BCUT2D eigenvalue weighted by molar-refractivity contribution is 5.79. The van der Waals surface area contributed by atoms with Crippen molar-refractivity contribution < 1.29 is 4.79 Å². The predicted octanol–water partition coefficient (Wildman–Crippen LogP) is 1.53. The quantitative estimate of drug-likeness (QED) is 0.770. The van der Waals surface area contributed by atoms with E-state index in [-0.39, 0.29) is 11.9 Å². The Morgan fingerprint density at radius 3 is 2.58 bits per heavy atom. The SMILES string of the molecule is Cc1nc2nc(N)nn2c(C)c1CC(=O)N1CCC(n2cccc2)CC1. The Kier molecular flexibility index (Phi) is 4.10. The Bertz CT molecular complexity index is 936. The summed E-state index contributed by atoms with van der Waals surface area (Å²) in [5.41, 5.74) is 8.24. The number of piperidine rings is 1. The smallest absolute Gasteiger partial charge is 0.254 e. The third kappa shape index (κ3) is 2.91. The molecule has 1 fully saturated rings. The Hall–Kier alpha value is -2.90. The molecule has 4 heterocycles. The lowest BCUT2D eigenvalue weighted by Gasteiger charge is -2.33. The van der Waals surface area contributed by atoms with Crippen molar-refractivity contribution in [1.29, 1.82) is 0 Å². The number of nitrogen functional groups attached to an aromatic ring is 1. The summed E-state index contributed by atoms with van der Waals surface area (Å²) in [7, 11) is 0. The molecule has 4 rings (SSSR count). The number of fused-ring (bicyclic) bond motifs is 1. The normalized spacial score (nSPS) is 15.7. The molecule has 3 aromatic rings. The lowest BCUT2D eigenvalue weighted by atomic mass is 10.0. The van der Waals surface area contributed by atoms with Gasteiger partial charge in [-0.3, -0.25) is 4.79 Å². The maximum atomic E-state index is 12.8. The van der Waals surface area contributed by atoms with Gasteiger partial charge in [-0.15, -0.1) is 5.10 Å². The van der Waals surface area contributed by atoms with E-state index in [9.17, 15) is 4.79 Å². The zero-order chi connectivity index (χ0) is 18.3. The van der Waals surface area contributed by atoms with Gasteiger partial charge in [0, 0.05) is 48.5 Å². The Labute approximate surface area is 151 Å². The summed E-state index contributed by atoms with van der Waals surface area (Å²) in [4.78, 5) is 23.3. The summed E-state index contributed by atoms with van der Waals surface area (Å²) >= 11 is 0. The lowest BCUT2D eigenvalue weighted by molar-refractivity contribution is -0.131. The van der Waals surface area contributed by atoms with Crippen LogP contribution in [0.4, 0.5) is 5.95 Å². The fourth-order valence-electron chi connectivity index (χ4n) is 3.75. The first-order valence-electron chi connectivity index (χ1n) is 8.91. The standard InChI is InChI=1S/C18H23N7O/c1-12-15(13(2)25-18(20-12)21-17(19)22-25)11-16(26)24-9-5-14(6-10-24)23-7-3-4-8-23/h3-4,7-8,14H,5-6,9-11H2,1-2H3,(H2,19,22). The van der Waals surface area contributed by atoms with Crippen molar-refractivity contribution in [2.24, 2.45) is 0 Å². The molecule has 2 N–H and O–H groups in total. The number of carbonyl (C=O) groups excluding carboxylic acids is 1. The molecule has 0 atom stereocenters. The molecular formula is C18H23N7O. The van der Waals surface area contributed by atoms with Gasteiger partial charge in [-0.25, -0.2) is 4.98 Å². The zero-order valence-corrected chi connectivity index (χ0v) is 15.1. The van der Waals surface area contributed by atoms with Crippen LogP contribution in [0.3, 0.4) is 0 Å². The van der Waals surface area contributed by atoms with Crippen LogP contribution in [0.1, 0.15) is 35.8 Å². The van der Waals surface area contributed by atoms with Gasteiger partial charge >= 0.3 is 0 Å². The van der Waals surface area contributed by atoms with E-state index in [0.29, 0.717) is 18.2 Å². The van der Waals surface area contributed by atoms with Crippen molar-refractivity contribution in [2.45, 2.75) is 39.2 Å². The van der Waals surface area contributed by atoms with E-state index in [4.69, 9.17) is 5.73 Å². The number of rotatable bonds is 3. The van der Waals surface area contributed by atoms with Gasteiger partial charge < -0.3 is 15.2 Å². The summed E-state index contributed by atoms with van der Waals surface area (Å²) in [5.74, 6) is 0.799. The number of likely N-dealkylation sites (tertiary alicyclic amines) is 1. The second kappa shape index (κ2) is 6.44. The number of hydrogen-bond donors (Lipinski definition) is 1.